The topological polar surface area (TPSA) is 42.0 Å². The zero-order chi connectivity index (χ0) is 17.1. The second-order valence-corrected chi connectivity index (χ2v) is 6.65. The molecule has 0 radical (unpaired) electrons. The molecule has 1 amide bonds. The number of benzene rings is 1. The molecule has 0 spiro atoms. The van der Waals surface area contributed by atoms with Crippen LogP contribution in [-0.2, 0) is 9.53 Å². The minimum Gasteiger partial charge on any atom is -0.490 e. The summed E-state index contributed by atoms with van der Waals surface area (Å²) in [7, 11) is 3.68. The Morgan fingerprint density at radius 1 is 1.17 bits per heavy atom. The maximum absolute atomic E-state index is 12.9. The zero-order valence-electron chi connectivity index (χ0n) is 14.3. The van der Waals surface area contributed by atoms with E-state index in [1.807, 2.05) is 11.9 Å². The van der Waals surface area contributed by atoms with E-state index in [-0.39, 0.29) is 30.0 Å². The lowest BCUT2D eigenvalue weighted by atomic mass is 10.1. The predicted octanol–water partition coefficient (Wildman–Crippen LogP) is 1.91. The van der Waals surface area contributed by atoms with E-state index in [1.54, 1.807) is 19.2 Å². The number of ether oxygens (including phenoxy) is 2. The van der Waals surface area contributed by atoms with Crippen LogP contribution in [0.15, 0.2) is 24.3 Å². The van der Waals surface area contributed by atoms with Crippen LogP contribution < -0.4 is 4.74 Å². The molecular formula is C18H25FN2O3. The highest BCUT2D eigenvalue weighted by Crippen LogP contribution is 2.23. The van der Waals surface area contributed by atoms with E-state index >= 15 is 0 Å². The third kappa shape index (κ3) is 3.87. The van der Waals surface area contributed by atoms with E-state index in [0.29, 0.717) is 18.8 Å². The Morgan fingerprint density at radius 3 is 2.42 bits per heavy atom. The van der Waals surface area contributed by atoms with Crippen LogP contribution in [0.3, 0.4) is 0 Å². The molecule has 24 heavy (non-hydrogen) atoms. The highest BCUT2D eigenvalue weighted by molar-refractivity contribution is 5.82. The Morgan fingerprint density at radius 2 is 1.83 bits per heavy atom. The van der Waals surface area contributed by atoms with Gasteiger partial charge in [-0.05, 0) is 37.7 Å². The summed E-state index contributed by atoms with van der Waals surface area (Å²) >= 11 is 0. The Bertz CT molecular complexity index is 558. The van der Waals surface area contributed by atoms with Crippen molar-refractivity contribution in [2.45, 2.75) is 37.5 Å². The number of amides is 1. The van der Waals surface area contributed by atoms with Crippen molar-refractivity contribution < 1.29 is 18.7 Å². The van der Waals surface area contributed by atoms with Gasteiger partial charge in [0.15, 0.2) is 0 Å². The Labute approximate surface area is 142 Å². The standard InChI is InChI=1S/C18H25FN2O3/c1-20-12-16(23-2)11-17(20)18(22)21-9-7-15(8-10-21)24-14-5-3-13(19)4-6-14/h3-6,15-17H,7-12H2,1-2H3/t16-,17-/m0/s1. The van der Waals surface area contributed by atoms with Gasteiger partial charge < -0.3 is 14.4 Å². The van der Waals surface area contributed by atoms with Crippen molar-refractivity contribution in [3.05, 3.63) is 30.1 Å². The Kier molecular flexibility index (Phi) is 5.36. The zero-order valence-corrected chi connectivity index (χ0v) is 14.3. The van der Waals surface area contributed by atoms with Gasteiger partial charge in [0.2, 0.25) is 5.91 Å². The molecule has 0 N–H and O–H groups in total. The van der Waals surface area contributed by atoms with Gasteiger partial charge in [-0.3, -0.25) is 9.69 Å². The van der Waals surface area contributed by atoms with Crippen molar-refractivity contribution in [1.82, 2.24) is 9.80 Å². The number of likely N-dealkylation sites (N-methyl/N-ethyl adjacent to an activating group) is 1. The molecule has 2 aliphatic heterocycles. The fraction of sp³-hybridized carbons (Fsp3) is 0.611. The fourth-order valence-corrected chi connectivity index (χ4v) is 3.52. The number of likely N-dealkylation sites (tertiary alicyclic amines) is 2. The number of hydrogen-bond acceptors (Lipinski definition) is 4. The summed E-state index contributed by atoms with van der Waals surface area (Å²) in [5.74, 6) is 0.606. The van der Waals surface area contributed by atoms with E-state index in [0.717, 1.165) is 25.8 Å². The first-order valence-electron chi connectivity index (χ1n) is 8.51. The fourth-order valence-electron chi connectivity index (χ4n) is 3.52. The minimum atomic E-state index is -0.266. The summed E-state index contributed by atoms with van der Waals surface area (Å²) in [5.41, 5.74) is 0. The van der Waals surface area contributed by atoms with Gasteiger partial charge in [-0.2, -0.15) is 0 Å². The molecule has 2 aliphatic rings. The SMILES string of the molecule is CO[C@H]1C[C@@H](C(=O)N2CCC(Oc3ccc(F)cc3)CC2)N(C)C1. The molecule has 3 rings (SSSR count). The van der Waals surface area contributed by atoms with Gasteiger partial charge in [0, 0.05) is 39.6 Å². The lowest BCUT2D eigenvalue weighted by Crippen LogP contribution is -2.48. The van der Waals surface area contributed by atoms with Crippen molar-refractivity contribution in [2.24, 2.45) is 0 Å². The molecule has 5 nitrogen and oxygen atoms in total. The number of nitrogens with zero attached hydrogens (tertiary/aromatic N) is 2. The van der Waals surface area contributed by atoms with Crippen molar-refractivity contribution in [3.63, 3.8) is 0 Å². The van der Waals surface area contributed by atoms with Gasteiger partial charge in [0.25, 0.3) is 0 Å². The Balaban J connectivity index is 1.49. The highest BCUT2D eigenvalue weighted by atomic mass is 19.1. The molecule has 0 bridgehead atoms. The van der Waals surface area contributed by atoms with Crippen molar-refractivity contribution in [2.75, 3.05) is 33.8 Å². The molecule has 2 heterocycles. The van der Waals surface area contributed by atoms with Crippen molar-refractivity contribution >= 4 is 5.91 Å². The monoisotopic (exact) mass is 336 g/mol. The van der Waals surface area contributed by atoms with Crippen molar-refractivity contribution in [1.29, 1.82) is 0 Å². The van der Waals surface area contributed by atoms with Crippen LogP contribution in [0.25, 0.3) is 0 Å². The largest absolute Gasteiger partial charge is 0.490 e. The minimum absolute atomic E-state index is 0.0764. The summed E-state index contributed by atoms with van der Waals surface area (Å²) in [4.78, 5) is 16.7. The van der Waals surface area contributed by atoms with Crippen LogP contribution in [0.4, 0.5) is 4.39 Å². The molecule has 0 aromatic heterocycles. The van der Waals surface area contributed by atoms with Gasteiger partial charge in [0.1, 0.15) is 17.7 Å². The summed E-state index contributed by atoms with van der Waals surface area (Å²) in [5, 5.41) is 0. The van der Waals surface area contributed by atoms with Crippen LogP contribution in [0.2, 0.25) is 0 Å². The second kappa shape index (κ2) is 7.49. The number of hydrogen-bond donors (Lipinski definition) is 0. The molecule has 6 heteroatoms. The number of rotatable bonds is 4. The maximum Gasteiger partial charge on any atom is 0.240 e. The molecule has 0 unspecified atom stereocenters. The van der Waals surface area contributed by atoms with Crippen LogP contribution in [0, 0.1) is 5.82 Å². The van der Waals surface area contributed by atoms with Crippen LogP contribution >= 0.6 is 0 Å². The second-order valence-electron chi connectivity index (χ2n) is 6.65. The Hall–Kier alpha value is -1.66. The summed E-state index contributed by atoms with van der Waals surface area (Å²) in [6.45, 7) is 2.20. The number of carbonyl (C=O) groups excluding carboxylic acids is 1. The first-order chi connectivity index (χ1) is 11.6. The molecule has 132 valence electrons. The molecule has 2 saturated heterocycles. The van der Waals surface area contributed by atoms with Gasteiger partial charge in [-0.15, -0.1) is 0 Å². The van der Waals surface area contributed by atoms with Crippen LogP contribution in [0.1, 0.15) is 19.3 Å². The van der Waals surface area contributed by atoms with Gasteiger partial charge in [-0.1, -0.05) is 0 Å². The third-order valence-electron chi connectivity index (χ3n) is 5.00. The third-order valence-corrected chi connectivity index (χ3v) is 5.00. The molecule has 1 aromatic carbocycles. The molecule has 2 atom stereocenters. The van der Waals surface area contributed by atoms with E-state index in [2.05, 4.69) is 4.90 Å². The summed E-state index contributed by atoms with van der Waals surface area (Å²) in [6, 6.07) is 6.01. The highest BCUT2D eigenvalue weighted by Gasteiger charge is 2.37. The summed E-state index contributed by atoms with van der Waals surface area (Å²) < 4.78 is 24.2. The first-order valence-corrected chi connectivity index (χ1v) is 8.51. The quantitative estimate of drug-likeness (QED) is 0.842. The van der Waals surface area contributed by atoms with Crippen LogP contribution in [-0.4, -0.2) is 67.7 Å². The van der Waals surface area contributed by atoms with E-state index < -0.39 is 0 Å². The van der Waals surface area contributed by atoms with Gasteiger partial charge >= 0.3 is 0 Å². The van der Waals surface area contributed by atoms with E-state index in [9.17, 15) is 9.18 Å². The predicted molar refractivity (Wildman–Crippen MR) is 88.5 cm³/mol. The van der Waals surface area contributed by atoms with E-state index in [1.165, 1.54) is 12.1 Å². The molecule has 1 aromatic rings. The molecular weight excluding hydrogens is 311 g/mol. The lowest BCUT2D eigenvalue weighted by molar-refractivity contribution is -0.137. The number of methoxy groups -OCH3 is 1. The van der Waals surface area contributed by atoms with E-state index in [4.69, 9.17) is 9.47 Å². The van der Waals surface area contributed by atoms with Gasteiger partial charge in [-0.25, -0.2) is 4.39 Å². The summed E-state index contributed by atoms with van der Waals surface area (Å²) in [6.07, 6.45) is 2.58. The lowest BCUT2D eigenvalue weighted by Gasteiger charge is -2.34. The number of carbonyl (C=O) groups is 1. The molecule has 0 aliphatic carbocycles. The van der Waals surface area contributed by atoms with Crippen molar-refractivity contribution in [3.8, 4) is 5.75 Å². The number of piperidine rings is 1. The molecule has 0 saturated carbocycles. The average Bonchev–Trinajstić information content (AvgIpc) is 2.98. The first kappa shape index (κ1) is 17.2. The number of halogens is 1. The van der Waals surface area contributed by atoms with Crippen LogP contribution in [0.5, 0.6) is 5.75 Å². The smallest absolute Gasteiger partial charge is 0.240 e. The van der Waals surface area contributed by atoms with Gasteiger partial charge in [0.05, 0.1) is 12.1 Å². The normalized spacial score (nSPS) is 25.9. The maximum atomic E-state index is 12.9. The molecule has 2 fully saturated rings. The average molecular weight is 336 g/mol.